The lowest BCUT2D eigenvalue weighted by molar-refractivity contribution is -0.384. The summed E-state index contributed by atoms with van der Waals surface area (Å²) in [6.45, 7) is 3.58. The molecule has 1 aliphatic heterocycles. The van der Waals surface area contributed by atoms with Crippen LogP contribution >= 0.6 is 11.5 Å². The Bertz CT molecular complexity index is 1340. The molecule has 10 nitrogen and oxygen atoms in total. The Morgan fingerprint density at radius 3 is 2.47 bits per heavy atom. The number of hydrogen-bond donors (Lipinski definition) is 0. The van der Waals surface area contributed by atoms with Gasteiger partial charge in [0.25, 0.3) is 5.69 Å². The van der Waals surface area contributed by atoms with Gasteiger partial charge in [0, 0.05) is 74.9 Å². The first-order chi connectivity index (χ1) is 18.5. The quantitative estimate of drug-likeness (QED) is 0.219. The molecule has 0 radical (unpaired) electrons. The Morgan fingerprint density at radius 1 is 1.03 bits per heavy atom. The van der Waals surface area contributed by atoms with Crippen molar-refractivity contribution in [2.45, 2.75) is 19.4 Å². The largest absolute Gasteiger partial charge is 0.467 e. The molecule has 0 saturated carbocycles. The number of carbonyl (C=O) groups excluding carboxylic acids is 1. The standard InChI is InChI=1S/C27H28N6O4S/c34-26(31-16-14-30(15-17-31)22-8-10-23(11-9-22)33(35)36)12-13-32(20-24-7-4-18-37-24)27-28-25(29-38-27)19-21-5-2-1-3-6-21/h1-11,18H,12-17,19-20H2. The number of amides is 1. The number of piperazine rings is 1. The summed E-state index contributed by atoms with van der Waals surface area (Å²) < 4.78 is 10.1. The van der Waals surface area contributed by atoms with Crippen molar-refractivity contribution in [3.63, 3.8) is 0 Å². The van der Waals surface area contributed by atoms with E-state index in [0.29, 0.717) is 52.1 Å². The monoisotopic (exact) mass is 532 g/mol. The molecule has 0 N–H and O–H groups in total. The van der Waals surface area contributed by atoms with Crippen LogP contribution in [0.25, 0.3) is 0 Å². The second kappa shape index (κ2) is 11.9. The molecule has 1 saturated heterocycles. The van der Waals surface area contributed by atoms with Crippen LogP contribution < -0.4 is 9.80 Å². The molecule has 3 heterocycles. The van der Waals surface area contributed by atoms with Gasteiger partial charge < -0.3 is 19.1 Å². The third-order valence-corrected chi connectivity index (χ3v) is 7.33. The van der Waals surface area contributed by atoms with Crippen LogP contribution in [0.1, 0.15) is 23.6 Å². The number of nitrogens with zero attached hydrogens (tertiary/aromatic N) is 6. The second-order valence-corrected chi connectivity index (χ2v) is 9.78. The lowest BCUT2D eigenvalue weighted by Gasteiger charge is -2.36. The van der Waals surface area contributed by atoms with Crippen molar-refractivity contribution < 1.29 is 14.1 Å². The van der Waals surface area contributed by atoms with Crippen molar-refractivity contribution in [2.24, 2.45) is 0 Å². The number of nitro benzene ring substituents is 1. The number of carbonyl (C=O) groups is 1. The molecular weight excluding hydrogens is 504 g/mol. The Labute approximate surface area is 224 Å². The maximum Gasteiger partial charge on any atom is 0.269 e. The fraction of sp³-hybridized carbons (Fsp3) is 0.296. The van der Waals surface area contributed by atoms with Gasteiger partial charge in [0.05, 0.1) is 17.7 Å². The molecular formula is C27H28N6O4S. The topological polar surface area (TPSA) is 109 Å². The van der Waals surface area contributed by atoms with E-state index in [1.54, 1.807) is 18.4 Å². The molecule has 1 aliphatic rings. The van der Waals surface area contributed by atoms with Gasteiger partial charge in [-0.25, -0.2) is 4.98 Å². The number of aromatic nitrogens is 2. The van der Waals surface area contributed by atoms with Crippen LogP contribution in [-0.2, 0) is 17.8 Å². The molecule has 11 heteroatoms. The van der Waals surface area contributed by atoms with Crippen LogP contribution in [0, 0.1) is 10.1 Å². The van der Waals surface area contributed by atoms with Crippen molar-refractivity contribution in [2.75, 3.05) is 42.5 Å². The zero-order valence-corrected chi connectivity index (χ0v) is 21.6. The first-order valence-corrected chi connectivity index (χ1v) is 13.2. The molecule has 1 amide bonds. The minimum Gasteiger partial charge on any atom is -0.467 e. The zero-order valence-electron chi connectivity index (χ0n) is 20.8. The van der Waals surface area contributed by atoms with Gasteiger partial charge in [0.15, 0.2) is 0 Å². The predicted octanol–water partition coefficient (Wildman–Crippen LogP) is 4.38. The number of benzene rings is 2. The minimum absolute atomic E-state index is 0.0734. The molecule has 0 unspecified atom stereocenters. The van der Waals surface area contributed by atoms with Gasteiger partial charge in [-0.15, -0.1) is 0 Å². The molecule has 196 valence electrons. The summed E-state index contributed by atoms with van der Waals surface area (Å²) >= 11 is 1.34. The van der Waals surface area contributed by atoms with E-state index >= 15 is 0 Å². The summed E-state index contributed by atoms with van der Waals surface area (Å²) in [7, 11) is 0. The Morgan fingerprint density at radius 2 is 1.79 bits per heavy atom. The Hall–Kier alpha value is -4.25. The van der Waals surface area contributed by atoms with Crippen LogP contribution in [0.15, 0.2) is 77.4 Å². The van der Waals surface area contributed by atoms with Gasteiger partial charge >= 0.3 is 0 Å². The normalized spacial score (nSPS) is 13.5. The highest BCUT2D eigenvalue weighted by atomic mass is 32.1. The molecule has 0 spiro atoms. The first-order valence-electron chi connectivity index (χ1n) is 12.5. The van der Waals surface area contributed by atoms with Crippen LogP contribution in [0.2, 0.25) is 0 Å². The fourth-order valence-electron chi connectivity index (χ4n) is 4.44. The highest BCUT2D eigenvalue weighted by Gasteiger charge is 2.23. The Kier molecular flexibility index (Phi) is 7.93. The summed E-state index contributed by atoms with van der Waals surface area (Å²) in [6.07, 6.45) is 2.65. The van der Waals surface area contributed by atoms with E-state index in [4.69, 9.17) is 9.40 Å². The zero-order chi connectivity index (χ0) is 26.3. The molecule has 4 aromatic rings. The minimum atomic E-state index is -0.401. The van der Waals surface area contributed by atoms with E-state index in [1.165, 1.54) is 23.7 Å². The van der Waals surface area contributed by atoms with Gasteiger partial charge in [-0.1, -0.05) is 30.3 Å². The number of nitro groups is 1. The smallest absolute Gasteiger partial charge is 0.269 e. The molecule has 38 heavy (non-hydrogen) atoms. The summed E-state index contributed by atoms with van der Waals surface area (Å²) in [5.41, 5.74) is 2.15. The van der Waals surface area contributed by atoms with Crippen molar-refractivity contribution in [3.05, 3.63) is 100 Å². The van der Waals surface area contributed by atoms with E-state index in [0.717, 1.165) is 28.0 Å². The molecule has 0 atom stereocenters. The number of anilines is 2. The van der Waals surface area contributed by atoms with E-state index in [2.05, 4.69) is 26.3 Å². The fourth-order valence-corrected chi connectivity index (χ4v) is 5.15. The van der Waals surface area contributed by atoms with Crippen molar-refractivity contribution in [1.82, 2.24) is 14.3 Å². The van der Waals surface area contributed by atoms with E-state index in [9.17, 15) is 14.9 Å². The van der Waals surface area contributed by atoms with Crippen molar-refractivity contribution in [3.8, 4) is 0 Å². The highest BCUT2D eigenvalue weighted by molar-refractivity contribution is 7.09. The lowest BCUT2D eigenvalue weighted by Crippen LogP contribution is -2.49. The van der Waals surface area contributed by atoms with Crippen LogP contribution in [0.3, 0.4) is 0 Å². The highest BCUT2D eigenvalue weighted by Crippen LogP contribution is 2.23. The number of non-ortho nitro benzene ring substituents is 1. The van der Waals surface area contributed by atoms with Gasteiger partial charge in [-0.2, -0.15) is 4.37 Å². The molecule has 0 aliphatic carbocycles. The number of furan rings is 1. The SMILES string of the molecule is O=C(CCN(Cc1ccco1)c1nc(Cc2ccccc2)ns1)N1CCN(c2ccc([N+](=O)[O-])cc2)CC1. The summed E-state index contributed by atoms with van der Waals surface area (Å²) in [5, 5.41) is 11.7. The summed E-state index contributed by atoms with van der Waals surface area (Å²) in [4.78, 5) is 34.4. The van der Waals surface area contributed by atoms with E-state index in [1.807, 2.05) is 35.2 Å². The molecule has 0 bridgehead atoms. The van der Waals surface area contributed by atoms with Crippen molar-refractivity contribution >= 4 is 33.9 Å². The van der Waals surface area contributed by atoms with Gasteiger partial charge in [-0.3, -0.25) is 14.9 Å². The van der Waals surface area contributed by atoms with Crippen LogP contribution in [-0.4, -0.2) is 57.8 Å². The van der Waals surface area contributed by atoms with E-state index in [-0.39, 0.29) is 11.6 Å². The maximum atomic E-state index is 13.1. The van der Waals surface area contributed by atoms with Gasteiger partial charge in [0.2, 0.25) is 11.0 Å². The van der Waals surface area contributed by atoms with Crippen LogP contribution in [0.5, 0.6) is 0 Å². The van der Waals surface area contributed by atoms with Crippen molar-refractivity contribution in [1.29, 1.82) is 0 Å². The molecule has 2 aromatic heterocycles. The second-order valence-electron chi connectivity index (χ2n) is 9.05. The third kappa shape index (κ3) is 6.35. The molecule has 5 rings (SSSR count). The third-order valence-electron chi connectivity index (χ3n) is 6.51. The summed E-state index contributed by atoms with van der Waals surface area (Å²) in [5.74, 6) is 1.65. The van der Waals surface area contributed by atoms with E-state index < -0.39 is 4.92 Å². The van der Waals surface area contributed by atoms with Gasteiger partial charge in [0.1, 0.15) is 11.6 Å². The number of rotatable bonds is 10. The average molecular weight is 533 g/mol. The number of hydrogen-bond acceptors (Lipinski definition) is 9. The predicted molar refractivity (Wildman–Crippen MR) is 145 cm³/mol. The molecule has 1 fully saturated rings. The molecule has 2 aromatic carbocycles. The average Bonchev–Trinajstić information content (AvgIpc) is 3.64. The summed E-state index contributed by atoms with van der Waals surface area (Å²) in [6, 6.07) is 20.4. The maximum absolute atomic E-state index is 13.1. The first kappa shape index (κ1) is 25.4. The van der Waals surface area contributed by atoms with Gasteiger partial charge in [-0.05, 0) is 29.8 Å². The Balaban J connectivity index is 1.18. The van der Waals surface area contributed by atoms with Crippen LogP contribution in [0.4, 0.5) is 16.5 Å². The lowest BCUT2D eigenvalue weighted by atomic mass is 10.1.